The molecule has 0 heterocycles. The normalized spacial score (nSPS) is 14.0. The Balaban J connectivity index is 0.00000320. The number of anilines is 1. The van der Waals surface area contributed by atoms with Gasteiger partial charge in [-0.3, -0.25) is 0 Å². The third-order valence-corrected chi connectivity index (χ3v) is 6.36. The molecule has 0 radical (unpaired) electrons. The van der Waals surface area contributed by atoms with E-state index in [1.165, 1.54) is 31.1 Å². The van der Waals surface area contributed by atoms with Crippen LogP contribution in [-0.4, -0.2) is 34.6 Å². The van der Waals surface area contributed by atoms with E-state index in [9.17, 15) is 8.42 Å². The highest BCUT2D eigenvalue weighted by Crippen LogP contribution is 2.27. The molecule has 164 valence electrons. The molecule has 3 rings (SSSR count). The molecule has 0 bridgehead atoms. The van der Waals surface area contributed by atoms with Crippen LogP contribution >= 0.6 is 24.0 Å². The molecule has 0 spiro atoms. The number of rotatable bonds is 8. The fourth-order valence-electron chi connectivity index (χ4n) is 3.42. The molecule has 2 aromatic carbocycles. The van der Waals surface area contributed by atoms with Gasteiger partial charge in [0, 0.05) is 19.3 Å². The lowest BCUT2D eigenvalue weighted by Gasteiger charge is -2.19. The van der Waals surface area contributed by atoms with Crippen LogP contribution in [0.15, 0.2) is 52.4 Å². The van der Waals surface area contributed by atoms with Gasteiger partial charge in [-0.05, 0) is 60.6 Å². The van der Waals surface area contributed by atoms with Gasteiger partial charge in [-0.25, -0.2) is 18.1 Å². The Hall–Kier alpha value is -1.69. The number of benzene rings is 2. The van der Waals surface area contributed by atoms with Crippen LogP contribution in [0.5, 0.6) is 0 Å². The van der Waals surface area contributed by atoms with Gasteiger partial charge in [0.25, 0.3) is 0 Å². The predicted molar refractivity (Wildman–Crippen MR) is 131 cm³/mol. The number of fused-ring (bicyclic) bond motifs is 1. The fraction of sp³-hybridized carbons (Fsp3) is 0.381. The number of nitrogens with zero attached hydrogens (tertiary/aromatic N) is 1. The molecule has 4 N–H and O–H groups in total. The van der Waals surface area contributed by atoms with Gasteiger partial charge in [0.1, 0.15) is 0 Å². The van der Waals surface area contributed by atoms with Crippen LogP contribution in [0.3, 0.4) is 0 Å². The molecule has 9 heteroatoms. The molecule has 1 aliphatic rings. The van der Waals surface area contributed by atoms with Gasteiger partial charge in [0.05, 0.1) is 18.0 Å². The minimum Gasteiger partial charge on any atom is -0.383 e. The van der Waals surface area contributed by atoms with Gasteiger partial charge in [0.2, 0.25) is 10.0 Å². The van der Waals surface area contributed by atoms with E-state index in [1.807, 2.05) is 18.2 Å². The summed E-state index contributed by atoms with van der Waals surface area (Å²) in [6.07, 6.45) is 4.55. The smallest absolute Gasteiger partial charge is 0.240 e. The molecule has 7 nitrogen and oxygen atoms in total. The quantitative estimate of drug-likeness (QED) is 0.205. The van der Waals surface area contributed by atoms with E-state index < -0.39 is 10.0 Å². The van der Waals surface area contributed by atoms with Crippen molar-refractivity contribution in [2.24, 2.45) is 10.7 Å². The molecular weight excluding hydrogens is 515 g/mol. The third kappa shape index (κ3) is 6.66. The molecule has 0 fully saturated rings. The molecule has 0 unspecified atom stereocenters. The largest absolute Gasteiger partial charge is 0.383 e. The summed E-state index contributed by atoms with van der Waals surface area (Å²) in [7, 11) is -2.05. The SMILES string of the molecule is COCCNS(=O)(=O)c1cccc(CN=C(N)Nc2cccc3c2CCCC3)c1.I. The van der Waals surface area contributed by atoms with Crippen molar-refractivity contribution in [3.63, 3.8) is 0 Å². The average Bonchev–Trinajstić information content (AvgIpc) is 2.73. The van der Waals surface area contributed by atoms with Gasteiger partial charge < -0.3 is 15.8 Å². The highest BCUT2D eigenvalue weighted by atomic mass is 127. The Morgan fingerprint density at radius 2 is 1.93 bits per heavy atom. The van der Waals surface area contributed by atoms with Crippen LogP contribution in [0.2, 0.25) is 0 Å². The Morgan fingerprint density at radius 3 is 2.73 bits per heavy atom. The number of guanidine groups is 1. The molecule has 0 atom stereocenters. The van der Waals surface area contributed by atoms with Gasteiger partial charge in [-0.1, -0.05) is 24.3 Å². The zero-order chi connectivity index (χ0) is 20.7. The number of aliphatic imine (C=N–C) groups is 1. The van der Waals surface area contributed by atoms with Crippen LogP contribution in [0.1, 0.15) is 29.5 Å². The van der Waals surface area contributed by atoms with Crippen LogP contribution in [-0.2, 0) is 34.1 Å². The summed E-state index contributed by atoms with van der Waals surface area (Å²) >= 11 is 0. The summed E-state index contributed by atoms with van der Waals surface area (Å²) in [5.74, 6) is 0.315. The topological polar surface area (TPSA) is 106 Å². The van der Waals surface area contributed by atoms with E-state index in [0.29, 0.717) is 12.6 Å². The predicted octanol–water partition coefficient (Wildman–Crippen LogP) is 3.03. The van der Waals surface area contributed by atoms with Crippen molar-refractivity contribution in [1.82, 2.24) is 4.72 Å². The Morgan fingerprint density at radius 1 is 1.17 bits per heavy atom. The highest BCUT2D eigenvalue weighted by Gasteiger charge is 2.14. The van der Waals surface area contributed by atoms with Crippen LogP contribution in [0, 0.1) is 0 Å². The van der Waals surface area contributed by atoms with E-state index in [2.05, 4.69) is 21.1 Å². The van der Waals surface area contributed by atoms with Crippen molar-refractivity contribution in [3.8, 4) is 0 Å². The molecule has 30 heavy (non-hydrogen) atoms. The molecule has 0 aromatic heterocycles. The molecular formula is C21H29IN4O3S. The fourth-order valence-corrected chi connectivity index (χ4v) is 4.51. The standard InChI is InChI=1S/C21H28N4O3S.HI/c1-28-13-12-24-29(26,27)18-9-4-6-16(14-18)15-23-21(22)25-20-11-5-8-17-7-2-3-10-19(17)20;/h4-6,8-9,11,14,24H,2-3,7,10,12-13,15H2,1H3,(H3,22,23,25);1H. The van der Waals surface area contributed by atoms with E-state index in [4.69, 9.17) is 10.5 Å². The van der Waals surface area contributed by atoms with Crippen molar-refractivity contribution >= 4 is 45.6 Å². The molecule has 0 saturated heterocycles. The van der Waals surface area contributed by atoms with Crippen LogP contribution < -0.4 is 15.8 Å². The Bertz CT molecular complexity index is 980. The average molecular weight is 544 g/mol. The van der Waals surface area contributed by atoms with Crippen molar-refractivity contribution in [2.75, 3.05) is 25.6 Å². The van der Waals surface area contributed by atoms with E-state index in [1.54, 1.807) is 18.2 Å². The number of halogens is 1. The summed E-state index contributed by atoms with van der Waals surface area (Å²) in [6, 6.07) is 12.9. The van der Waals surface area contributed by atoms with E-state index in [-0.39, 0.29) is 42.0 Å². The van der Waals surface area contributed by atoms with Crippen LogP contribution in [0.4, 0.5) is 5.69 Å². The van der Waals surface area contributed by atoms with E-state index >= 15 is 0 Å². The maximum Gasteiger partial charge on any atom is 0.240 e. The summed E-state index contributed by atoms with van der Waals surface area (Å²) in [6.45, 7) is 0.823. The zero-order valence-corrected chi connectivity index (χ0v) is 20.2. The summed E-state index contributed by atoms with van der Waals surface area (Å²) in [5, 5.41) is 3.20. The highest BCUT2D eigenvalue weighted by molar-refractivity contribution is 14.0. The maximum atomic E-state index is 12.3. The molecule has 2 aromatic rings. The lowest BCUT2D eigenvalue weighted by molar-refractivity contribution is 0.204. The number of nitrogens with two attached hydrogens (primary N) is 1. The number of nitrogens with one attached hydrogen (secondary N) is 2. The zero-order valence-electron chi connectivity index (χ0n) is 17.1. The second-order valence-corrected chi connectivity index (χ2v) is 8.78. The minimum atomic E-state index is -3.58. The summed E-state index contributed by atoms with van der Waals surface area (Å²) < 4.78 is 32.1. The Kier molecular flexibility index (Phi) is 9.53. The first kappa shape index (κ1) is 24.6. The van der Waals surface area contributed by atoms with Gasteiger partial charge in [-0.2, -0.15) is 0 Å². The van der Waals surface area contributed by atoms with Crippen molar-refractivity contribution in [1.29, 1.82) is 0 Å². The summed E-state index contributed by atoms with van der Waals surface area (Å²) in [5.41, 5.74) is 10.5. The second kappa shape index (κ2) is 11.6. The van der Waals surface area contributed by atoms with E-state index in [0.717, 1.165) is 24.1 Å². The van der Waals surface area contributed by atoms with Gasteiger partial charge >= 0.3 is 0 Å². The van der Waals surface area contributed by atoms with Gasteiger partial charge in [0.15, 0.2) is 5.96 Å². The monoisotopic (exact) mass is 544 g/mol. The third-order valence-electron chi connectivity index (χ3n) is 4.90. The minimum absolute atomic E-state index is 0. The van der Waals surface area contributed by atoms with Gasteiger partial charge in [-0.15, -0.1) is 24.0 Å². The molecule has 1 aliphatic carbocycles. The molecule has 0 saturated carbocycles. The lowest BCUT2D eigenvalue weighted by atomic mass is 9.90. The maximum absolute atomic E-state index is 12.3. The first-order valence-electron chi connectivity index (χ1n) is 9.75. The number of hydrogen-bond acceptors (Lipinski definition) is 4. The van der Waals surface area contributed by atoms with Crippen molar-refractivity contribution in [3.05, 3.63) is 59.2 Å². The summed E-state index contributed by atoms with van der Waals surface area (Å²) in [4.78, 5) is 4.58. The van der Waals surface area contributed by atoms with Crippen molar-refractivity contribution < 1.29 is 13.2 Å². The molecule has 0 amide bonds. The molecule has 0 aliphatic heterocycles. The van der Waals surface area contributed by atoms with Crippen molar-refractivity contribution in [2.45, 2.75) is 37.1 Å². The number of hydrogen-bond donors (Lipinski definition) is 3. The number of aryl methyl sites for hydroxylation is 1. The van der Waals surface area contributed by atoms with Crippen LogP contribution in [0.25, 0.3) is 0 Å². The lowest BCUT2D eigenvalue weighted by Crippen LogP contribution is -2.27. The number of ether oxygens (including phenoxy) is 1. The Labute approximate surface area is 195 Å². The number of methoxy groups -OCH3 is 1. The second-order valence-electron chi connectivity index (χ2n) is 7.01. The number of sulfonamides is 1. The first-order chi connectivity index (χ1) is 14.0. The first-order valence-corrected chi connectivity index (χ1v) is 11.2.